The summed E-state index contributed by atoms with van der Waals surface area (Å²) >= 11 is 0. The van der Waals surface area contributed by atoms with Crippen LogP contribution in [-0.2, 0) is 15.0 Å². The average molecular weight is 435 g/mol. The Balaban J connectivity index is 2.37. The number of carbonyl (C=O) groups is 2. The Hall–Kier alpha value is -2.88. The average Bonchev–Trinajstić information content (AvgIpc) is 2.68. The van der Waals surface area contributed by atoms with Gasteiger partial charge in [0.05, 0.1) is 0 Å². The lowest BCUT2D eigenvalue weighted by Gasteiger charge is -2.25. The zero-order valence-corrected chi connectivity index (χ0v) is 20.2. The smallest absolute Gasteiger partial charge is 0.311 e. The van der Waals surface area contributed by atoms with Crippen molar-refractivity contribution in [3.05, 3.63) is 48.0 Å². The van der Waals surface area contributed by atoms with E-state index in [2.05, 4.69) is 26.8 Å². The van der Waals surface area contributed by atoms with Crippen LogP contribution in [0.1, 0.15) is 66.9 Å². The van der Waals surface area contributed by atoms with Gasteiger partial charge in [-0.3, -0.25) is 9.59 Å². The molecule has 0 aliphatic heterocycles. The van der Waals surface area contributed by atoms with Gasteiger partial charge in [0, 0.05) is 34.4 Å². The predicted octanol–water partition coefficient (Wildman–Crippen LogP) is 7.19. The number of rotatable bonds is 6. The molecule has 0 aromatic heterocycles. The van der Waals surface area contributed by atoms with E-state index in [9.17, 15) is 9.59 Å². The van der Waals surface area contributed by atoms with Crippen LogP contribution >= 0.6 is 0 Å². The lowest BCUT2D eigenvalue weighted by molar-refractivity contribution is -0.136. The minimum Gasteiger partial charge on any atom is -0.425 e. The third-order valence-corrected chi connectivity index (χ3v) is 5.34. The van der Waals surface area contributed by atoms with Gasteiger partial charge in [-0.05, 0) is 22.8 Å². The van der Waals surface area contributed by atoms with Gasteiger partial charge in [-0.1, -0.05) is 90.9 Å². The molecule has 170 valence electrons. The van der Waals surface area contributed by atoms with Crippen molar-refractivity contribution in [2.24, 2.45) is 11.8 Å². The summed E-state index contributed by atoms with van der Waals surface area (Å²) < 4.78 is 12.0. The fraction of sp³-hybridized carbons (Fsp3) is 0.429. The maximum absolute atomic E-state index is 12.7. The Morgan fingerprint density at radius 2 is 1.19 bits per heavy atom. The zero-order valence-electron chi connectivity index (χ0n) is 20.2. The van der Waals surface area contributed by atoms with E-state index in [4.69, 9.17) is 9.47 Å². The van der Waals surface area contributed by atoms with E-state index in [-0.39, 0.29) is 29.2 Å². The van der Waals surface area contributed by atoms with E-state index in [1.807, 2.05) is 64.1 Å². The molecular formula is C28H34O4. The monoisotopic (exact) mass is 434 g/mol. The fourth-order valence-electron chi connectivity index (χ4n) is 3.96. The van der Waals surface area contributed by atoms with Crippen molar-refractivity contribution in [2.75, 3.05) is 0 Å². The molecule has 3 aromatic carbocycles. The Morgan fingerprint density at radius 3 is 1.69 bits per heavy atom. The predicted molar refractivity (Wildman–Crippen MR) is 130 cm³/mol. The van der Waals surface area contributed by atoms with Crippen LogP contribution in [0.4, 0.5) is 0 Å². The quantitative estimate of drug-likeness (QED) is 0.234. The summed E-state index contributed by atoms with van der Waals surface area (Å²) in [7, 11) is 0. The standard InChI is InChI=1S/C28H34O4/c1-17(2)15-23(29)31-26-19-11-8-9-12-20(19)27(32-24(30)16-18(3)4)25-21(26)13-10-14-22(25)28(5,6)7/h8-14,17-18H,15-16H2,1-7H3. The third kappa shape index (κ3) is 5.12. The van der Waals surface area contributed by atoms with Crippen LogP contribution in [0.2, 0.25) is 0 Å². The van der Waals surface area contributed by atoms with Crippen LogP contribution in [0.3, 0.4) is 0 Å². The fourth-order valence-corrected chi connectivity index (χ4v) is 3.96. The number of esters is 2. The van der Waals surface area contributed by atoms with Crippen LogP contribution in [0.25, 0.3) is 21.5 Å². The lowest BCUT2D eigenvalue weighted by atomic mass is 9.82. The lowest BCUT2D eigenvalue weighted by Crippen LogP contribution is -2.16. The van der Waals surface area contributed by atoms with Crippen LogP contribution in [0.15, 0.2) is 42.5 Å². The second kappa shape index (κ2) is 9.32. The Morgan fingerprint density at radius 1 is 0.719 bits per heavy atom. The first-order chi connectivity index (χ1) is 15.0. The topological polar surface area (TPSA) is 52.6 Å². The molecule has 0 aliphatic rings. The van der Waals surface area contributed by atoms with Crippen molar-refractivity contribution in [1.29, 1.82) is 0 Å². The molecular weight excluding hydrogens is 400 g/mol. The summed E-state index contributed by atoms with van der Waals surface area (Å²) in [6.45, 7) is 14.4. The van der Waals surface area contributed by atoms with Gasteiger partial charge in [0.25, 0.3) is 0 Å². The zero-order chi connectivity index (χ0) is 23.6. The molecule has 0 saturated heterocycles. The molecule has 0 saturated carbocycles. The van der Waals surface area contributed by atoms with Gasteiger partial charge >= 0.3 is 11.9 Å². The van der Waals surface area contributed by atoms with Crippen molar-refractivity contribution in [1.82, 2.24) is 0 Å². The van der Waals surface area contributed by atoms with E-state index in [1.54, 1.807) is 0 Å². The first-order valence-electron chi connectivity index (χ1n) is 11.4. The highest BCUT2D eigenvalue weighted by molar-refractivity contribution is 6.14. The van der Waals surface area contributed by atoms with E-state index >= 15 is 0 Å². The van der Waals surface area contributed by atoms with Crippen LogP contribution in [0.5, 0.6) is 11.5 Å². The number of benzene rings is 3. The largest absolute Gasteiger partial charge is 0.425 e. The molecule has 0 fully saturated rings. The highest BCUT2D eigenvalue weighted by Crippen LogP contribution is 2.46. The Bertz CT molecular complexity index is 1150. The minimum atomic E-state index is -0.267. The third-order valence-electron chi connectivity index (χ3n) is 5.34. The van der Waals surface area contributed by atoms with Crippen molar-refractivity contribution >= 4 is 33.5 Å². The summed E-state index contributed by atoms with van der Waals surface area (Å²) in [5.74, 6) is 0.920. The van der Waals surface area contributed by atoms with E-state index in [0.29, 0.717) is 24.3 Å². The minimum absolute atomic E-state index is 0.193. The van der Waals surface area contributed by atoms with Crippen molar-refractivity contribution in [3.8, 4) is 11.5 Å². The first-order valence-corrected chi connectivity index (χ1v) is 11.4. The van der Waals surface area contributed by atoms with Crippen LogP contribution < -0.4 is 9.47 Å². The molecule has 0 spiro atoms. The number of hydrogen-bond acceptors (Lipinski definition) is 4. The Kier molecular flexibility index (Phi) is 6.92. The van der Waals surface area contributed by atoms with Crippen LogP contribution in [-0.4, -0.2) is 11.9 Å². The second-order valence-corrected chi connectivity index (χ2v) is 10.3. The number of hydrogen-bond donors (Lipinski definition) is 0. The highest BCUT2D eigenvalue weighted by atomic mass is 16.5. The highest BCUT2D eigenvalue weighted by Gasteiger charge is 2.26. The SMILES string of the molecule is CC(C)CC(=O)Oc1c2ccccc2c(OC(=O)CC(C)C)c2c(C(C)(C)C)cccc12. The number of fused-ring (bicyclic) bond motifs is 2. The van der Waals surface area contributed by atoms with Gasteiger partial charge in [0.2, 0.25) is 0 Å². The summed E-state index contributed by atoms with van der Waals surface area (Å²) in [6, 6.07) is 13.6. The van der Waals surface area contributed by atoms with Crippen molar-refractivity contribution in [2.45, 2.75) is 66.7 Å². The molecule has 0 bridgehead atoms. The van der Waals surface area contributed by atoms with Gasteiger partial charge in [0.15, 0.2) is 0 Å². The van der Waals surface area contributed by atoms with Gasteiger partial charge in [-0.15, -0.1) is 0 Å². The van der Waals surface area contributed by atoms with Crippen molar-refractivity contribution < 1.29 is 19.1 Å². The second-order valence-electron chi connectivity index (χ2n) is 10.3. The van der Waals surface area contributed by atoms with Gasteiger partial charge in [-0.25, -0.2) is 0 Å². The van der Waals surface area contributed by atoms with Gasteiger partial charge in [0.1, 0.15) is 11.5 Å². The summed E-state index contributed by atoms with van der Waals surface area (Å²) in [5, 5.41) is 3.13. The molecule has 0 unspecified atom stereocenters. The molecule has 0 radical (unpaired) electrons. The maximum atomic E-state index is 12.7. The molecule has 3 rings (SSSR count). The molecule has 4 nitrogen and oxygen atoms in total. The maximum Gasteiger partial charge on any atom is 0.311 e. The summed E-state index contributed by atoms with van der Waals surface area (Å²) in [5.41, 5.74) is 0.828. The van der Waals surface area contributed by atoms with Gasteiger partial charge < -0.3 is 9.47 Å². The molecule has 0 amide bonds. The summed E-state index contributed by atoms with van der Waals surface area (Å²) in [6.07, 6.45) is 0.665. The van der Waals surface area contributed by atoms with Gasteiger partial charge in [-0.2, -0.15) is 0 Å². The number of ether oxygens (including phenoxy) is 2. The normalized spacial score (nSPS) is 12.0. The Labute approximate surface area is 190 Å². The molecule has 0 aliphatic carbocycles. The van der Waals surface area contributed by atoms with Crippen LogP contribution in [0, 0.1) is 11.8 Å². The van der Waals surface area contributed by atoms with E-state index in [0.717, 1.165) is 27.1 Å². The molecule has 3 aromatic rings. The van der Waals surface area contributed by atoms with E-state index in [1.165, 1.54) is 0 Å². The molecule has 4 heteroatoms. The van der Waals surface area contributed by atoms with Crippen molar-refractivity contribution in [3.63, 3.8) is 0 Å². The van der Waals surface area contributed by atoms with E-state index < -0.39 is 0 Å². The molecule has 32 heavy (non-hydrogen) atoms. The number of carbonyl (C=O) groups excluding carboxylic acids is 2. The first kappa shape index (κ1) is 23.8. The molecule has 0 N–H and O–H groups in total. The summed E-state index contributed by atoms with van der Waals surface area (Å²) in [4.78, 5) is 25.4. The molecule has 0 heterocycles. The molecule has 0 atom stereocenters.